The molecule has 1 saturated heterocycles. The van der Waals surface area contributed by atoms with Crippen LogP contribution in [0.5, 0.6) is 0 Å². The van der Waals surface area contributed by atoms with Gasteiger partial charge in [-0.3, -0.25) is 4.90 Å². The minimum absolute atomic E-state index is 0.256. The van der Waals surface area contributed by atoms with Gasteiger partial charge in [0.05, 0.1) is 12.1 Å². The molecule has 0 saturated carbocycles. The molecule has 1 fully saturated rings. The Morgan fingerprint density at radius 1 is 1.28 bits per heavy atom. The van der Waals surface area contributed by atoms with Crippen LogP contribution in [0.2, 0.25) is 0 Å². The van der Waals surface area contributed by atoms with Crippen molar-refractivity contribution in [3.05, 3.63) is 24.3 Å². The molecule has 0 spiro atoms. The Morgan fingerprint density at radius 3 is 2.39 bits per heavy atom. The molecule has 1 aliphatic rings. The van der Waals surface area contributed by atoms with E-state index >= 15 is 0 Å². The Morgan fingerprint density at radius 2 is 1.89 bits per heavy atom. The molecule has 18 heavy (non-hydrogen) atoms. The molecule has 1 aromatic carbocycles. The maximum atomic E-state index is 12.3. The number of carbonyl (C=O) groups is 1. The van der Waals surface area contributed by atoms with Gasteiger partial charge in [0.2, 0.25) is 0 Å². The first-order valence-corrected chi connectivity index (χ1v) is 5.80. The molecule has 0 bridgehead atoms. The minimum Gasteiger partial charge on any atom is -0.359 e. The quantitative estimate of drug-likeness (QED) is 0.706. The lowest BCUT2D eigenvalue weighted by molar-refractivity contribution is 0.136. The van der Waals surface area contributed by atoms with Crippen molar-refractivity contribution in [3.63, 3.8) is 0 Å². The van der Waals surface area contributed by atoms with Gasteiger partial charge in [0.1, 0.15) is 17.8 Å². The highest BCUT2D eigenvalue weighted by atomic mass is 16.5. The van der Waals surface area contributed by atoms with Crippen molar-refractivity contribution in [2.45, 2.75) is 19.4 Å². The molecule has 0 unspecified atom stereocenters. The van der Waals surface area contributed by atoms with Crippen LogP contribution in [0.25, 0.3) is 11.0 Å². The number of benzene rings is 1. The van der Waals surface area contributed by atoms with E-state index in [4.69, 9.17) is 4.74 Å². The lowest BCUT2D eigenvalue weighted by atomic mass is 10.1. The van der Waals surface area contributed by atoms with Gasteiger partial charge in [-0.2, -0.15) is 0 Å². The van der Waals surface area contributed by atoms with E-state index in [1.165, 1.54) is 0 Å². The molecule has 2 aromatic rings. The van der Waals surface area contributed by atoms with Crippen molar-refractivity contribution < 1.29 is 9.53 Å². The van der Waals surface area contributed by atoms with Gasteiger partial charge in [-0.05, 0) is 26.0 Å². The third kappa shape index (κ3) is 1.65. The van der Waals surface area contributed by atoms with Gasteiger partial charge in [-0.15, -0.1) is 10.2 Å². The summed E-state index contributed by atoms with van der Waals surface area (Å²) < 4.78 is 5.33. The zero-order valence-electron chi connectivity index (χ0n) is 10.3. The highest BCUT2D eigenvalue weighted by molar-refractivity contribution is 5.80. The monoisotopic (exact) mass is 246 g/mol. The van der Waals surface area contributed by atoms with Gasteiger partial charge < -0.3 is 4.74 Å². The summed E-state index contributed by atoms with van der Waals surface area (Å²) in [6.07, 6.45) is 0. The van der Waals surface area contributed by atoms with Crippen molar-refractivity contribution in [2.75, 3.05) is 13.3 Å². The SMILES string of the molecule is CC1(C)COCN1C(=O)n1nc2ccccc2n1. The molecule has 94 valence electrons. The summed E-state index contributed by atoms with van der Waals surface area (Å²) >= 11 is 0. The largest absolute Gasteiger partial charge is 0.364 e. The van der Waals surface area contributed by atoms with E-state index in [9.17, 15) is 4.79 Å². The zero-order chi connectivity index (χ0) is 12.8. The van der Waals surface area contributed by atoms with Crippen LogP contribution in [0.3, 0.4) is 0 Å². The Labute approximate surface area is 104 Å². The predicted octanol–water partition coefficient (Wildman–Crippen LogP) is 1.47. The summed E-state index contributed by atoms with van der Waals surface area (Å²) in [5.74, 6) is 0. The minimum atomic E-state index is -0.323. The number of aromatic nitrogens is 3. The Balaban J connectivity index is 1.97. The van der Waals surface area contributed by atoms with Gasteiger partial charge in [0.25, 0.3) is 0 Å². The highest BCUT2D eigenvalue weighted by Crippen LogP contribution is 2.22. The Kier molecular flexibility index (Phi) is 2.34. The first kappa shape index (κ1) is 11.2. The van der Waals surface area contributed by atoms with Gasteiger partial charge in [0.15, 0.2) is 0 Å². The summed E-state index contributed by atoms with van der Waals surface area (Å²) in [7, 11) is 0. The average molecular weight is 246 g/mol. The number of hydrogen-bond acceptors (Lipinski definition) is 4. The molecule has 0 radical (unpaired) electrons. The van der Waals surface area contributed by atoms with Crippen LogP contribution in [0.4, 0.5) is 4.79 Å². The van der Waals surface area contributed by atoms with E-state index < -0.39 is 0 Å². The maximum absolute atomic E-state index is 12.3. The van der Waals surface area contributed by atoms with Crippen LogP contribution in [0.15, 0.2) is 24.3 Å². The first-order valence-electron chi connectivity index (χ1n) is 5.80. The van der Waals surface area contributed by atoms with Crippen molar-refractivity contribution in [1.29, 1.82) is 0 Å². The van der Waals surface area contributed by atoms with Crippen LogP contribution < -0.4 is 0 Å². The zero-order valence-corrected chi connectivity index (χ0v) is 10.3. The second-order valence-electron chi connectivity index (χ2n) is 4.98. The summed E-state index contributed by atoms with van der Waals surface area (Å²) in [6.45, 7) is 4.73. The lowest BCUT2D eigenvalue weighted by Gasteiger charge is -2.27. The molecule has 3 rings (SSSR count). The topological polar surface area (TPSA) is 60.2 Å². The second-order valence-corrected chi connectivity index (χ2v) is 4.98. The standard InChI is InChI=1S/C12H14N4O2/c1-12(2)7-18-8-15(12)11(17)16-13-9-5-3-4-6-10(9)14-16/h3-6H,7-8H2,1-2H3. The first-order chi connectivity index (χ1) is 8.58. The fraction of sp³-hybridized carbons (Fsp3) is 0.417. The molecule has 0 N–H and O–H groups in total. The third-order valence-electron chi connectivity index (χ3n) is 3.10. The summed E-state index contributed by atoms with van der Waals surface area (Å²) in [5.41, 5.74) is 1.10. The van der Waals surface area contributed by atoms with Crippen molar-refractivity contribution >= 4 is 17.1 Å². The van der Waals surface area contributed by atoms with E-state index in [0.29, 0.717) is 17.6 Å². The number of hydrogen-bond donors (Lipinski definition) is 0. The normalized spacial score (nSPS) is 18.4. The molecular formula is C12H14N4O2. The van der Waals surface area contributed by atoms with Gasteiger partial charge in [-0.25, -0.2) is 4.79 Å². The van der Waals surface area contributed by atoms with Gasteiger partial charge >= 0.3 is 6.03 Å². The molecule has 6 heteroatoms. The molecule has 0 atom stereocenters. The molecule has 0 aliphatic carbocycles. The van der Waals surface area contributed by atoms with Crippen LogP contribution in [-0.2, 0) is 4.74 Å². The van der Waals surface area contributed by atoms with Crippen molar-refractivity contribution in [1.82, 2.24) is 19.9 Å². The molecular weight excluding hydrogens is 232 g/mol. The smallest absolute Gasteiger partial charge is 0.359 e. The summed E-state index contributed by atoms with van der Waals surface area (Å²) in [4.78, 5) is 15.1. The van der Waals surface area contributed by atoms with Crippen LogP contribution in [0, 0.1) is 0 Å². The number of rotatable bonds is 0. The number of ether oxygens (including phenoxy) is 1. The number of nitrogens with zero attached hydrogens (tertiary/aromatic N) is 4. The number of amides is 1. The van der Waals surface area contributed by atoms with E-state index in [2.05, 4.69) is 10.2 Å². The molecule has 1 aliphatic heterocycles. The Bertz CT molecular complexity index is 572. The van der Waals surface area contributed by atoms with Crippen molar-refractivity contribution in [3.8, 4) is 0 Å². The fourth-order valence-electron chi connectivity index (χ4n) is 2.01. The number of carbonyl (C=O) groups excluding carboxylic acids is 1. The lowest BCUT2D eigenvalue weighted by Crippen LogP contribution is -2.46. The average Bonchev–Trinajstić information content (AvgIpc) is 2.90. The predicted molar refractivity (Wildman–Crippen MR) is 65.1 cm³/mol. The van der Waals surface area contributed by atoms with Crippen molar-refractivity contribution in [2.24, 2.45) is 0 Å². The number of fused-ring (bicyclic) bond motifs is 1. The van der Waals surface area contributed by atoms with E-state index in [1.54, 1.807) is 4.90 Å². The Hall–Kier alpha value is -1.95. The highest BCUT2D eigenvalue weighted by Gasteiger charge is 2.38. The summed E-state index contributed by atoms with van der Waals surface area (Å²) in [6, 6.07) is 7.15. The molecule has 1 amide bonds. The van der Waals surface area contributed by atoms with Crippen LogP contribution >= 0.6 is 0 Å². The fourth-order valence-corrected chi connectivity index (χ4v) is 2.01. The van der Waals surface area contributed by atoms with Crippen LogP contribution in [-0.4, -0.2) is 44.8 Å². The molecule has 6 nitrogen and oxygen atoms in total. The molecule has 1 aromatic heterocycles. The van der Waals surface area contributed by atoms with Crippen LogP contribution in [0.1, 0.15) is 13.8 Å². The molecule has 2 heterocycles. The second kappa shape index (κ2) is 3.78. The third-order valence-corrected chi connectivity index (χ3v) is 3.10. The van der Waals surface area contributed by atoms with E-state index in [0.717, 1.165) is 4.80 Å². The van der Waals surface area contributed by atoms with E-state index in [-0.39, 0.29) is 18.3 Å². The summed E-state index contributed by atoms with van der Waals surface area (Å²) in [5, 5.41) is 8.36. The maximum Gasteiger partial charge on any atom is 0.364 e. The van der Waals surface area contributed by atoms with Gasteiger partial charge in [-0.1, -0.05) is 16.9 Å². The van der Waals surface area contributed by atoms with E-state index in [1.807, 2.05) is 38.1 Å². The van der Waals surface area contributed by atoms with Gasteiger partial charge in [0, 0.05) is 0 Å².